The Morgan fingerprint density at radius 1 is 0.724 bits per heavy atom. The van der Waals surface area contributed by atoms with Crippen LogP contribution in [0.25, 0.3) is 0 Å². The second-order valence-corrected chi connectivity index (χ2v) is 20.8. The maximum absolute atomic E-state index is 14.8. The number of likely N-dealkylation sites (N-methyl/N-ethyl adjacent to an activating group) is 2. The molecule has 2 aliphatic rings. The zero-order valence-electron chi connectivity index (χ0n) is 42.4. The second-order valence-electron chi connectivity index (χ2n) is 18.2. The molecule has 0 spiro atoms. The SMILES string of the molecule is CN1C(=O)[C@H](Cc2ccccc2)N(C)C(=O)[C@H](N)CSSC[C@@H](C(=O)N2CCC[C@H]2C(=O)N[C@@H](CCCN=C(N)N)C(=O)NCC(N)=O)NC(=O)[C@H](CC(N)=O)NC(=O)C(CCC(N)=O)NC(=O)[C@H]1Cc1ccccc1. The average molecular weight is 1100 g/mol. The monoisotopic (exact) mass is 1100 g/mol. The fourth-order valence-electron chi connectivity index (χ4n) is 8.38. The van der Waals surface area contributed by atoms with E-state index in [1.54, 1.807) is 60.7 Å². The molecule has 76 heavy (non-hydrogen) atoms. The number of nitrogens with zero attached hydrogens (tertiary/aromatic N) is 4. The third kappa shape index (κ3) is 19.0. The molecule has 0 aromatic heterocycles. The van der Waals surface area contributed by atoms with Crippen molar-refractivity contribution in [1.29, 1.82) is 0 Å². The molecule has 8 atom stereocenters. The zero-order valence-corrected chi connectivity index (χ0v) is 44.0. The van der Waals surface area contributed by atoms with Crippen LogP contribution in [0, 0.1) is 0 Å². The molecule has 26 nitrogen and oxygen atoms in total. The van der Waals surface area contributed by atoms with Gasteiger partial charge in [0.2, 0.25) is 65.0 Å². The summed E-state index contributed by atoms with van der Waals surface area (Å²) in [6, 6.07) is 6.44. The third-order valence-electron chi connectivity index (χ3n) is 12.5. The summed E-state index contributed by atoms with van der Waals surface area (Å²) in [6.07, 6.45) is -1.07. The topological polar surface area (TPSA) is 426 Å². The molecule has 414 valence electrons. The predicted molar refractivity (Wildman–Crippen MR) is 283 cm³/mol. The van der Waals surface area contributed by atoms with Crippen molar-refractivity contribution in [3.05, 3.63) is 71.8 Å². The standard InChI is InChI=1S/C48H69N15O11S2/c1-61-35(21-27-11-5-3-6-12-27)44(71)58-31(17-18-37(50)64)41(68)59-32(23-38(51)65)42(69)60-33(26-76-75-25-29(49)45(72)62(2)36(47(61)74)22-28-13-7-4-8-14-28)46(73)63-20-10-16-34(63)43(70)57-30(15-9-19-55-48(53)54)40(67)56-24-39(52)66/h3-8,11-14,29-36H,9-10,15-26,49H2,1-2H3,(H2,50,64)(H2,51,65)(H2,52,66)(H,56,67)(H,57,70)(H,58,71)(H,59,68)(H,60,69)(H4,53,54,55)/t29-,30+,31?,32+,33+,34+,35-,36+/m1/s1. The van der Waals surface area contributed by atoms with Gasteiger partial charge in [-0.2, -0.15) is 0 Å². The lowest BCUT2D eigenvalue weighted by atomic mass is 9.99. The van der Waals surface area contributed by atoms with E-state index in [-0.39, 0.29) is 62.7 Å². The lowest BCUT2D eigenvalue weighted by Gasteiger charge is -2.36. The van der Waals surface area contributed by atoms with E-state index in [1.807, 2.05) is 0 Å². The number of nitrogens with two attached hydrogens (primary N) is 6. The van der Waals surface area contributed by atoms with Gasteiger partial charge in [0.05, 0.1) is 19.0 Å². The lowest BCUT2D eigenvalue weighted by Crippen LogP contribution is -2.61. The van der Waals surface area contributed by atoms with Gasteiger partial charge in [0, 0.05) is 58.0 Å². The molecule has 0 radical (unpaired) electrons. The van der Waals surface area contributed by atoms with E-state index < -0.39 is 139 Å². The van der Waals surface area contributed by atoms with Crippen LogP contribution in [0.3, 0.4) is 0 Å². The van der Waals surface area contributed by atoms with E-state index in [0.29, 0.717) is 17.5 Å². The largest absolute Gasteiger partial charge is 0.370 e. The Hall–Kier alpha value is -7.46. The quantitative estimate of drug-likeness (QED) is 0.0274. The highest BCUT2D eigenvalue weighted by Crippen LogP contribution is 2.27. The number of benzene rings is 2. The predicted octanol–water partition coefficient (Wildman–Crippen LogP) is -4.43. The van der Waals surface area contributed by atoms with Gasteiger partial charge in [-0.1, -0.05) is 82.3 Å². The van der Waals surface area contributed by atoms with Gasteiger partial charge in [-0.25, -0.2) is 0 Å². The fraction of sp³-hybridized carbons (Fsp3) is 0.500. The number of aliphatic imine (C=N–C) groups is 1. The molecule has 2 heterocycles. The van der Waals surface area contributed by atoms with Crippen LogP contribution < -0.4 is 61.0 Å². The van der Waals surface area contributed by atoms with Crippen molar-refractivity contribution in [2.24, 2.45) is 39.4 Å². The van der Waals surface area contributed by atoms with Gasteiger partial charge in [-0.05, 0) is 43.2 Å². The molecule has 1 unspecified atom stereocenters. The van der Waals surface area contributed by atoms with Gasteiger partial charge in [-0.15, -0.1) is 0 Å². The molecule has 0 bridgehead atoms. The number of hydrogen-bond donors (Lipinski definition) is 11. The number of hydrogen-bond acceptors (Lipinski definition) is 15. The molecule has 2 aliphatic heterocycles. The maximum atomic E-state index is 14.8. The van der Waals surface area contributed by atoms with Gasteiger partial charge >= 0.3 is 0 Å². The highest BCUT2D eigenvalue weighted by atomic mass is 33.1. The number of amides is 11. The zero-order chi connectivity index (χ0) is 56.1. The van der Waals surface area contributed by atoms with Crippen LogP contribution in [0.15, 0.2) is 65.7 Å². The summed E-state index contributed by atoms with van der Waals surface area (Å²) in [5.74, 6) is -9.84. The van der Waals surface area contributed by atoms with Crippen LogP contribution in [0.5, 0.6) is 0 Å². The van der Waals surface area contributed by atoms with Crippen molar-refractivity contribution in [1.82, 2.24) is 41.3 Å². The Bertz CT molecular complexity index is 2440. The molecule has 0 saturated carbocycles. The molecule has 17 N–H and O–H groups in total. The highest BCUT2D eigenvalue weighted by molar-refractivity contribution is 8.76. The van der Waals surface area contributed by atoms with Gasteiger partial charge in [0.1, 0.15) is 42.3 Å². The Balaban J connectivity index is 1.75. The van der Waals surface area contributed by atoms with Crippen LogP contribution in [0.1, 0.15) is 56.1 Å². The summed E-state index contributed by atoms with van der Waals surface area (Å²) in [5, 5.41) is 12.6. The van der Waals surface area contributed by atoms with Crippen LogP contribution in [0.2, 0.25) is 0 Å². The van der Waals surface area contributed by atoms with Crippen LogP contribution in [0.4, 0.5) is 0 Å². The van der Waals surface area contributed by atoms with Gasteiger partial charge < -0.3 is 75.7 Å². The number of carbonyl (C=O) groups is 11. The summed E-state index contributed by atoms with van der Waals surface area (Å²) in [6.45, 7) is -0.414. The normalized spacial score (nSPS) is 22.8. The minimum atomic E-state index is -1.78. The molecule has 2 aromatic rings. The first kappa shape index (κ1) is 61.1. The molecular formula is C48H69N15O11S2. The molecular weight excluding hydrogens is 1030 g/mol. The number of primary amides is 3. The van der Waals surface area contributed by atoms with Crippen molar-refractivity contribution >= 4 is 92.5 Å². The molecule has 4 rings (SSSR count). The molecule has 2 aromatic carbocycles. The Morgan fingerprint density at radius 2 is 1.30 bits per heavy atom. The third-order valence-corrected chi connectivity index (χ3v) is 14.9. The van der Waals surface area contributed by atoms with Crippen molar-refractivity contribution in [3.8, 4) is 0 Å². The van der Waals surface area contributed by atoms with Gasteiger partial charge in [0.25, 0.3) is 0 Å². The van der Waals surface area contributed by atoms with Crippen LogP contribution >= 0.6 is 21.6 Å². The summed E-state index contributed by atoms with van der Waals surface area (Å²) in [7, 11) is 4.88. The van der Waals surface area contributed by atoms with Crippen LogP contribution in [-0.2, 0) is 65.6 Å². The Labute approximate surface area is 447 Å². The highest BCUT2D eigenvalue weighted by Gasteiger charge is 2.42. The Kier molecular flexibility index (Phi) is 24.3. The number of rotatable bonds is 19. The molecule has 28 heteroatoms. The maximum Gasteiger partial charge on any atom is 0.246 e. The average Bonchev–Trinajstić information content (AvgIpc) is 3.88. The number of guanidine groups is 1. The molecule has 11 amide bonds. The van der Waals surface area contributed by atoms with E-state index in [2.05, 4.69) is 31.6 Å². The van der Waals surface area contributed by atoms with Gasteiger partial charge in [-0.3, -0.25) is 57.7 Å². The van der Waals surface area contributed by atoms with Crippen LogP contribution in [-0.4, -0.2) is 179 Å². The van der Waals surface area contributed by atoms with Crippen molar-refractivity contribution in [3.63, 3.8) is 0 Å². The number of nitrogens with one attached hydrogen (secondary N) is 5. The van der Waals surface area contributed by atoms with E-state index in [1.165, 1.54) is 28.8 Å². The second kappa shape index (κ2) is 30.2. The first-order valence-corrected chi connectivity index (χ1v) is 26.9. The molecule has 0 aliphatic carbocycles. The summed E-state index contributed by atoms with van der Waals surface area (Å²) >= 11 is 0. The first-order chi connectivity index (χ1) is 36.1. The van der Waals surface area contributed by atoms with E-state index >= 15 is 0 Å². The van der Waals surface area contributed by atoms with E-state index in [4.69, 9.17) is 34.4 Å². The Morgan fingerprint density at radius 3 is 1.89 bits per heavy atom. The fourth-order valence-corrected chi connectivity index (χ4v) is 10.6. The number of carbonyl (C=O) groups excluding carboxylic acids is 11. The summed E-state index contributed by atoms with van der Waals surface area (Å²) in [4.78, 5) is 158. The number of likely N-dealkylation sites (tertiary alicyclic amines) is 1. The van der Waals surface area contributed by atoms with Crippen molar-refractivity contribution in [2.45, 2.75) is 106 Å². The minimum Gasteiger partial charge on any atom is -0.370 e. The van der Waals surface area contributed by atoms with Crippen molar-refractivity contribution < 1.29 is 52.7 Å². The van der Waals surface area contributed by atoms with E-state index in [0.717, 1.165) is 21.6 Å². The van der Waals surface area contributed by atoms with Gasteiger partial charge in [0.15, 0.2) is 5.96 Å². The molecule has 2 saturated heterocycles. The summed E-state index contributed by atoms with van der Waals surface area (Å²) in [5.41, 5.74) is 34.9. The first-order valence-electron chi connectivity index (χ1n) is 24.4. The molecule has 2 fully saturated rings. The summed E-state index contributed by atoms with van der Waals surface area (Å²) < 4.78 is 0. The minimum absolute atomic E-state index is 0.00696. The van der Waals surface area contributed by atoms with E-state index in [9.17, 15) is 52.7 Å². The lowest BCUT2D eigenvalue weighted by molar-refractivity contribution is -0.148. The smallest absolute Gasteiger partial charge is 0.246 e. The van der Waals surface area contributed by atoms with Crippen molar-refractivity contribution in [2.75, 3.05) is 45.2 Å².